The average molecular weight is 380 g/mol. The van der Waals surface area contributed by atoms with Crippen LogP contribution < -0.4 is 5.32 Å². The summed E-state index contributed by atoms with van der Waals surface area (Å²) in [4.78, 5) is 15.1. The molecule has 2 atom stereocenters. The van der Waals surface area contributed by atoms with E-state index in [0.29, 0.717) is 23.7 Å². The fourth-order valence-corrected chi connectivity index (χ4v) is 4.86. The summed E-state index contributed by atoms with van der Waals surface area (Å²) >= 11 is 0. The molecule has 28 heavy (non-hydrogen) atoms. The van der Waals surface area contributed by atoms with Crippen LogP contribution in [0.15, 0.2) is 24.3 Å². The van der Waals surface area contributed by atoms with Crippen LogP contribution in [-0.2, 0) is 25.9 Å². The fraction of sp³-hybridized carbons (Fsp3) is 0.591. The number of amides is 1. The van der Waals surface area contributed by atoms with E-state index in [1.54, 1.807) is 0 Å². The van der Waals surface area contributed by atoms with E-state index in [9.17, 15) is 4.79 Å². The van der Waals surface area contributed by atoms with Crippen LogP contribution in [0, 0.1) is 11.8 Å². The van der Waals surface area contributed by atoms with Crippen molar-refractivity contribution in [2.24, 2.45) is 11.8 Å². The third-order valence-corrected chi connectivity index (χ3v) is 6.82. The molecule has 3 aliphatic rings. The first-order valence-electron chi connectivity index (χ1n) is 10.7. The van der Waals surface area contributed by atoms with Gasteiger partial charge in [0.2, 0.25) is 5.82 Å². The Balaban J connectivity index is 1.24. The van der Waals surface area contributed by atoms with E-state index in [-0.39, 0.29) is 5.91 Å². The zero-order valence-electron chi connectivity index (χ0n) is 16.6. The Morgan fingerprint density at radius 1 is 1.07 bits per heavy atom. The van der Waals surface area contributed by atoms with Crippen LogP contribution in [0.1, 0.15) is 53.8 Å². The number of aromatic nitrogens is 3. The van der Waals surface area contributed by atoms with Gasteiger partial charge in [0.05, 0.1) is 0 Å². The summed E-state index contributed by atoms with van der Waals surface area (Å²) < 4.78 is 2.08. The molecule has 6 heteroatoms. The van der Waals surface area contributed by atoms with Crippen LogP contribution >= 0.6 is 0 Å². The van der Waals surface area contributed by atoms with Gasteiger partial charge in [-0.05, 0) is 48.6 Å². The first-order chi connectivity index (χ1) is 13.7. The first kappa shape index (κ1) is 17.9. The summed E-state index contributed by atoms with van der Waals surface area (Å²) in [5.74, 6) is 2.64. The van der Waals surface area contributed by atoms with Gasteiger partial charge in [-0.2, -0.15) is 0 Å². The topological polar surface area (TPSA) is 63.1 Å². The molecule has 0 bridgehead atoms. The summed E-state index contributed by atoms with van der Waals surface area (Å²) in [7, 11) is 0. The van der Waals surface area contributed by atoms with Gasteiger partial charge in [0.1, 0.15) is 5.82 Å². The molecule has 6 nitrogen and oxygen atoms in total. The normalized spacial score (nSPS) is 24.5. The van der Waals surface area contributed by atoms with Gasteiger partial charge in [-0.15, -0.1) is 10.2 Å². The number of rotatable bonds is 5. The summed E-state index contributed by atoms with van der Waals surface area (Å²) in [5.41, 5.74) is 2.78. The molecular formula is C22H29N5O. The van der Waals surface area contributed by atoms with Crippen LogP contribution in [0.2, 0.25) is 0 Å². The van der Waals surface area contributed by atoms with Crippen molar-refractivity contribution >= 4 is 5.91 Å². The molecule has 148 valence electrons. The predicted molar refractivity (Wildman–Crippen MR) is 107 cm³/mol. The van der Waals surface area contributed by atoms with Gasteiger partial charge in [0.15, 0.2) is 0 Å². The van der Waals surface area contributed by atoms with Crippen LogP contribution in [-0.4, -0.2) is 44.7 Å². The van der Waals surface area contributed by atoms with E-state index in [1.165, 1.54) is 17.5 Å². The highest BCUT2D eigenvalue weighted by Gasteiger charge is 2.39. The number of nitrogens with zero attached hydrogens (tertiary/aromatic N) is 4. The van der Waals surface area contributed by atoms with E-state index in [1.807, 2.05) is 0 Å². The van der Waals surface area contributed by atoms with Crippen molar-refractivity contribution in [3.63, 3.8) is 0 Å². The maximum Gasteiger partial charge on any atom is 0.289 e. The van der Waals surface area contributed by atoms with E-state index in [2.05, 4.69) is 56.2 Å². The molecule has 1 aliphatic carbocycles. The van der Waals surface area contributed by atoms with E-state index in [4.69, 9.17) is 0 Å². The average Bonchev–Trinajstić information content (AvgIpc) is 3.25. The lowest BCUT2D eigenvalue weighted by Gasteiger charge is -2.28. The van der Waals surface area contributed by atoms with Crippen molar-refractivity contribution in [2.75, 3.05) is 13.1 Å². The maximum absolute atomic E-state index is 12.6. The lowest BCUT2D eigenvalue weighted by Crippen LogP contribution is -2.41. The number of nitrogens with one attached hydrogen (secondary N) is 1. The van der Waals surface area contributed by atoms with Gasteiger partial charge in [-0.1, -0.05) is 31.2 Å². The minimum absolute atomic E-state index is 0.0484. The molecule has 2 unspecified atom stereocenters. The number of hydrogen-bond acceptors (Lipinski definition) is 4. The van der Waals surface area contributed by atoms with Crippen molar-refractivity contribution in [2.45, 2.75) is 58.2 Å². The second-order valence-corrected chi connectivity index (χ2v) is 8.74. The van der Waals surface area contributed by atoms with E-state index in [0.717, 1.165) is 57.7 Å². The van der Waals surface area contributed by atoms with Crippen molar-refractivity contribution in [1.82, 2.24) is 25.0 Å². The summed E-state index contributed by atoms with van der Waals surface area (Å²) in [6, 6.07) is 9.34. The highest BCUT2D eigenvalue weighted by atomic mass is 16.2. The largest absolute Gasteiger partial charge is 0.347 e. The molecule has 1 aromatic carbocycles. The Hall–Kier alpha value is -2.21. The van der Waals surface area contributed by atoms with Crippen LogP contribution in [0.25, 0.3) is 0 Å². The van der Waals surface area contributed by atoms with Crippen molar-refractivity contribution in [3.8, 4) is 0 Å². The number of fused-ring (bicyclic) bond motifs is 2. The fourth-order valence-electron chi connectivity index (χ4n) is 4.86. The van der Waals surface area contributed by atoms with Gasteiger partial charge in [-0.25, -0.2) is 0 Å². The van der Waals surface area contributed by atoms with Gasteiger partial charge in [0.25, 0.3) is 5.91 Å². The lowest BCUT2D eigenvalue weighted by molar-refractivity contribution is 0.0898. The molecule has 2 aliphatic heterocycles. The number of aryl methyl sites for hydroxylation is 1. The monoisotopic (exact) mass is 379 g/mol. The van der Waals surface area contributed by atoms with Gasteiger partial charge in [0, 0.05) is 38.6 Å². The number of carbonyl (C=O) groups is 1. The second kappa shape index (κ2) is 7.32. The lowest BCUT2D eigenvalue weighted by atomic mass is 9.89. The van der Waals surface area contributed by atoms with Crippen molar-refractivity contribution in [1.29, 1.82) is 0 Å². The van der Waals surface area contributed by atoms with Crippen molar-refractivity contribution in [3.05, 3.63) is 47.0 Å². The molecular weight excluding hydrogens is 350 g/mol. The standard InChI is InChI=1S/C22H29N5O/c1-2-15-6-8-16(9-7-15)11-26-12-17-10-20-24-25-21(27(20)14-18(17)13-26)22(28)23-19-4-3-5-19/h6-9,17-19H,2-5,10-14H2,1H3,(H,23,28). The first-order valence-corrected chi connectivity index (χ1v) is 10.7. The Kier molecular flexibility index (Phi) is 4.67. The van der Waals surface area contributed by atoms with Gasteiger partial charge in [-0.3, -0.25) is 9.69 Å². The Bertz CT molecular complexity index is 854. The Labute approximate surface area is 166 Å². The van der Waals surface area contributed by atoms with E-state index >= 15 is 0 Å². The molecule has 1 amide bonds. The molecule has 0 radical (unpaired) electrons. The van der Waals surface area contributed by atoms with Crippen LogP contribution in [0.5, 0.6) is 0 Å². The minimum Gasteiger partial charge on any atom is -0.347 e. The zero-order chi connectivity index (χ0) is 19.1. The predicted octanol–water partition coefficient (Wildman–Crippen LogP) is 2.43. The minimum atomic E-state index is -0.0484. The van der Waals surface area contributed by atoms with E-state index < -0.39 is 0 Å². The Morgan fingerprint density at radius 3 is 2.54 bits per heavy atom. The highest BCUT2D eigenvalue weighted by Crippen LogP contribution is 2.33. The smallest absolute Gasteiger partial charge is 0.289 e. The summed E-state index contributed by atoms with van der Waals surface area (Å²) in [5, 5.41) is 11.7. The van der Waals surface area contributed by atoms with Crippen LogP contribution in [0.3, 0.4) is 0 Å². The van der Waals surface area contributed by atoms with Crippen LogP contribution in [0.4, 0.5) is 0 Å². The molecule has 1 saturated heterocycles. The zero-order valence-corrected chi connectivity index (χ0v) is 16.6. The number of carbonyl (C=O) groups excluding carboxylic acids is 1. The number of hydrogen-bond donors (Lipinski definition) is 1. The number of benzene rings is 1. The molecule has 2 fully saturated rings. The SMILES string of the molecule is CCc1ccc(CN2CC3Cc4nnc(C(=O)NC5CCC5)n4CC3C2)cc1. The molecule has 2 aromatic rings. The second-order valence-electron chi connectivity index (χ2n) is 8.74. The van der Waals surface area contributed by atoms with Gasteiger partial charge < -0.3 is 9.88 Å². The molecule has 5 rings (SSSR count). The maximum atomic E-state index is 12.6. The Morgan fingerprint density at radius 2 is 1.82 bits per heavy atom. The summed E-state index contributed by atoms with van der Waals surface area (Å²) in [6.07, 6.45) is 5.41. The van der Waals surface area contributed by atoms with Gasteiger partial charge >= 0.3 is 0 Å². The molecule has 0 spiro atoms. The van der Waals surface area contributed by atoms with Crippen molar-refractivity contribution < 1.29 is 4.79 Å². The number of likely N-dealkylation sites (tertiary alicyclic amines) is 1. The molecule has 1 saturated carbocycles. The third-order valence-electron chi connectivity index (χ3n) is 6.82. The molecule has 1 aromatic heterocycles. The summed E-state index contributed by atoms with van der Waals surface area (Å²) in [6.45, 7) is 6.26. The quantitative estimate of drug-likeness (QED) is 0.867. The molecule has 3 heterocycles. The molecule has 1 N–H and O–H groups in total. The highest BCUT2D eigenvalue weighted by molar-refractivity contribution is 5.91. The third kappa shape index (κ3) is 3.34.